The number of aliphatic hydroxyl groups is 1. The summed E-state index contributed by atoms with van der Waals surface area (Å²) in [5, 5.41) is 8.72. The fraction of sp³-hybridized carbons (Fsp3) is 0.571. The molecule has 20 heavy (non-hydrogen) atoms. The van der Waals surface area contributed by atoms with Crippen LogP contribution in [0.25, 0.3) is 0 Å². The summed E-state index contributed by atoms with van der Waals surface area (Å²) in [4.78, 5) is 0.415. The van der Waals surface area contributed by atoms with Crippen molar-refractivity contribution >= 4 is 21.8 Å². The van der Waals surface area contributed by atoms with Crippen LogP contribution < -0.4 is 0 Å². The molecule has 0 aliphatic heterocycles. The van der Waals surface area contributed by atoms with Crippen LogP contribution in [0.4, 0.5) is 0 Å². The SMILES string of the molecule is Cc1cc(C)c(S(=O)(=O)N(C)CCSCCO)c(C)c1. The Kier molecular flexibility index (Phi) is 6.51. The van der Waals surface area contributed by atoms with Crippen LogP contribution in [-0.4, -0.2) is 49.5 Å². The molecule has 1 aromatic rings. The van der Waals surface area contributed by atoms with Crippen LogP contribution >= 0.6 is 11.8 Å². The van der Waals surface area contributed by atoms with E-state index in [0.717, 1.165) is 16.7 Å². The van der Waals surface area contributed by atoms with Gasteiger partial charge >= 0.3 is 0 Å². The minimum absolute atomic E-state index is 0.122. The van der Waals surface area contributed by atoms with E-state index < -0.39 is 10.0 Å². The molecular formula is C14H23NO3S2. The second-order valence-corrected chi connectivity index (χ2v) is 8.10. The number of aliphatic hydroxyl groups excluding tert-OH is 1. The van der Waals surface area contributed by atoms with Crippen molar-refractivity contribution in [3.63, 3.8) is 0 Å². The van der Waals surface area contributed by atoms with Crippen molar-refractivity contribution in [2.45, 2.75) is 25.7 Å². The highest BCUT2D eigenvalue weighted by Gasteiger charge is 2.24. The Labute approximate surface area is 126 Å². The van der Waals surface area contributed by atoms with Gasteiger partial charge < -0.3 is 5.11 Å². The molecule has 0 aromatic heterocycles. The lowest BCUT2D eigenvalue weighted by atomic mass is 10.1. The van der Waals surface area contributed by atoms with E-state index in [4.69, 9.17) is 5.11 Å². The largest absolute Gasteiger partial charge is 0.396 e. The van der Waals surface area contributed by atoms with Crippen LogP contribution in [0.2, 0.25) is 0 Å². The smallest absolute Gasteiger partial charge is 0.243 e. The standard InChI is InChI=1S/C14H23NO3S2/c1-11-9-12(2)14(13(3)10-11)20(17,18)15(4)5-7-19-8-6-16/h9-10,16H,5-8H2,1-4H3. The van der Waals surface area contributed by atoms with Gasteiger partial charge in [0.25, 0.3) is 0 Å². The molecule has 0 aliphatic carbocycles. The number of rotatable bonds is 7. The Morgan fingerprint density at radius 3 is 2.20 bits per heavy atom. The number of aryl methyl sites for hydroxylation is 3. The van der Waals surface area contributed by atoms with Crippen molar-refractivity contribution in [2.24, 2.45) is 0 Å². The van der Waals surface area contributed by atoms with Gasteiger partial charge in [-0.3, -0.25) is 0 Å². The van der Waals surface area contributed by atoms with Crippen LogP contribution in [0.5, 0.6) is 0 Å². The highest BCUT2D eigenvalue weighted by Crippen LogP contribution is 2.24. The zero-order valence-corrected chi connectivity index (χ0v) is 14.1. The van der Waals surface area contributed by atoms with Gasteiger partial charge in [0.15, 0.2) is 0 Å². The zero-order valence-electron chi connectivity index (χ0n) is 12.5. The number of hydrogen-bond donors (Lipinski definition) is 1. The third kappa shape index (κ3) is 4.22. The third-order valence-electron chi connectivity index (χ3n) is 3.06. The Morgan fingerprint density at radius 2 is 1.70 bits per heavy atom. The topological polar surface area (TPSA) is 57.6 Å². The quantitative estimate of drug-likeness (QED) is 0.781. The van der Waals surface area contributed by atoms with E-state index in [0.29, 0.717) is 22.9 Å². The predicted octanol–water partition coefficient (Wildman–Crippen LogP) is 1.96. The summed E-state index contributed by atoms with van der Waals surface area (Å²) >= 11 is 1.55. The van der Waals surface area contributed by atoms with E-state index in [-0.39, 0.29) is 6.61 Å². The highest BCUT2D eigenvalue weighted by atomic mass is 32.2. The number of benzene rings is 1. The molecule has 0 fully saturated rings. The second-order valence-electron chi connectivity index (χ2n) is 4.89. The molecule has 1 aromatic carbocycles. The van der Waals surface area contributed by atoms with Gasteiger partial charge in [-0.05, 0) is 31.9 Å². The van der Waals surface area contributed by atoms with Crippen LogP contribution in [0, 0.1) is 20.8 Å². The van der Waals surface area contributed by atoms with Crippen LogP contribution in [0.3, 0.4) is 0 Å². The number of sulfonamides is 1. The Balaban J connectivity index is 2.93. The summed E-state index contributed by atoms with van der Waals surface area (Å²) in [5.41, 5.74) is 2.65. The summed E-state index contributed by atoms with van der Waals surface area (Å²) in [6, 6.07) is 3.79. The number of hydrogen-bond acceptors (Lipinski definition) is 4. The van der Waals surface area contributed by atoms with Crippen molar-refractivity contribution in [1.82, 2.24) is 4.31 Å². The molecule has 0 spiro atoms. The Hall–Kier alpha value is -0.560. The maximum Gasteiger partial charge on any atom is 0.243 e. The summed E-state index contributed by atoms with van der Waals surface area (Å²) < 4.78 is 26.6. The molecule has 0 saturated carbocycles. The fourth-order valence-electron chi connectivity index (χ4n) is 2.21. The molecule has 0 amide bonds. The van der Waals surface area contributed by atoms with E-state index in [1.807, 2.05) is 32.9 Å². The van der Waals surface area contributed by atoms with Crippen LogP contribution in [0.15, 0.2) is 17.0 Å². The number of nitrogens with zero attached hydrogens (tertiary/aromatic N) is 1. The molecule has 114 valence electrons. The van der Waals surface area contributed by atoms with Crippen molar-refractivity contribution in [2.75, 3.05) is 31.7 Å². The summed E-state index contributed by atoms with van der Waals surface area (Å²) in [5.74, 6) is 1.32. The number of thioether (sulfide) groups is 1. The first kappa shape index (κ1) is 17.5. The van der Waals surface area contributed by atoms with Gasteiger partial charge in [-0.25, -0.2) is 12.7 Å². The lowest BCUT2D eigenvalue weighted by Gasteiger charge is -2.20. The Morgan fingerprint density at radius 1 is 1.15 bits per heavy atom. The van der Waals surface area contributed by atoms with Gasteiger partial charge in [0.1, 0.15) is 0 Å². The average molecular weight is 317 g/mol. The molecule has 0 atom stereocenters. The first-order valence-electron chi connectivity index (χ1n) is 6.53. The molecule has 4 nitrogen and oxygen atoms in total. The third-order valence-corrected chi connectivity index (χ3v) is 6.16. The van der Waals surface area contributed by atoms with Gasteiger partial charge in [-0.1, -0.05) is 17.7 Å². The highest BCUT2D eigenvalue weighted by molar-refractivity contribution is 7.99. The first-order chi connectivity index (χ1) is 9.30. The maximum atomic E-state index is 12.6. The monoisotopic (exact) mass is 317 g/mol. The molecule has 0 heterocycles. The van der Waals surface area contributed by atoms with Gasteiger partial charge in [0, 0.05) is 25.1 Å². The van der Waals surface area contributed by atoms with Gasteiger partial charge in [-0.15, -0.1) is 0 Å². The van der Waals surface area contributed by atoms with Crippen molar-refractivity contribution in [3.8, 4) is 0 Å². The minimum Gasteiger partial charge on any atom is -0.396 e. The Bertz CT molecular complexity index is 533. The molecule has 0 radical (unpaired) electrons. The van der Waals surface area contributed by atoms with E-state index in [1.54, 1.807) is 18.8 Å². The lowest BCUT2D eigenvalue weighted by Crippen LogP contribution is -2.30. The summed E-state index contributed by atoms with van der Waals surface area (Å²) in [7, 11) is -1.84. The summed E-state index contributed by atoms with van der Waals surface area (Å²) in [6.45, 7) is 6.20. The van der Waals surface area contributed by atoms with Gasteiger partial charge in [0.05, 0.1) is 11.5 Å². The van der Waals surface area contributed by atoms with E-state index in [1.165, 1.54) is 4.31 Å². The van der Waals surface area contributed by atoms with E-state index in [2.05, 4.69) is 0 Å². The van der Waals surface area contributed by atoms with Gasteiger partial charge in [-0.2, -0.15) is 11.8 Å². The molecule has 1 N–H and O–H groups in total. The normalized spacial score (nSPS) is 12.1. The lowest BCUT2D eigenvalue weighted by molar-refractivity contribution is 0.322. The summed E-state index contributed by atoms with van der Waals surface area (Å²) in [6.07, 6.45) is 0. The second kappa shape index (κ2) is 7.45. The first-order valence-corrected chi connectivity index (χ1v) is 9.13. The van der Waals surface area contributed by atoms with E-state index in [9.17, 15) is 8.42 Å². The zero-order chi connectivity index (χ0) is 15.3. The van der Waals surface area contributed by atoms with Crippen molar-refractivity contribution in [3.05, 3.63) is 28.8 Å². The predicted molar refractivity (Wildman–Crippen MR) is 84.9 cm³/mol. The fourth-order valence-corrected chi connectivity index (χ4v) is 4.64. The van der Waals surface area contributed by atoms with E-state index >= 15 is 0 Å². The van der Waals surface area contributed by atoms with Gasteiger partial charge in [0.2, 0.25) is 10.0 Å². The van der Waals surface area contributed by atoms with Crippen LogP contribution in [-0.2, 0) is 10.0 Å². The molecule has 1 rings (SSSR count). The molecule has 6 heteroatoms. The average Bonchev–Trinajstić information content (AvgIpc) is 2.32. The van der Waals surface area contributed by atoms with Crippen molar-refractivity contribution in [1.29, 1.82) is 0 Å². The molecule has 0 bridgehead atoms. The molecule has 0 aliphatic rings. The molecule has 0 saturated heterocycles. The minimum atomic E-state index is -3.45. The maximum absolute atomic E-state index is 12.6. The molecular weight excluding hydrogens is 294 g/mol. The molecule has 0 unspecified atom stereocenters. The van der Waals surface area contributed by atoms with Crippen molar-refractivity contribution < 1.29 is 13.5 Å². The van der Waals surface area contributed by atoms with Crippen LogP contribution in [0.1, 0.15) is 16.7 Å².